The molecule has 0 spiro atoms. The summed E-state index contributed by atoms with van der Waals surface area (Å²) in [5, 5.41) is 9.01. The Hall–Kier alpha value is -3.40. The van der Waals surface area contributed by atoms with E-state index in [2.05, 4.69) is 40.9 Å². The molecule has 0 bridgehead atoms. The average Bonchev–Trinajstić information content (AvgIpc) is 2.82. The number of carbonyl (C=O) groups is 1. The number of rotatable bonds is 10. The highest BCUT2D eigenvalue weighted by molar-refractivity contribution is 5.88. The lowest BCUT2D eigenvalue weighted by Gasteiger charge is -2.40. The molecule has 2 aromatic heterocycles. The molecule has 1 unspecified atom stereocenters. The van der Waals surface area contributed by atoms with Gasteiger partial charge in [0.25, 0.3) is 0 Å². The van der Waals surface area contributed by atoms with Crippen molar-refractivity contribution in [1.82, 2.24) is 14.9 Å². The van der Waals surface area contributed by atoms with Crippen LogP contribution in [0.1, 0.15) is 51.2 Å². The molecule has 1 fully saturated rings. The number of anilines is 1. The van der Waals surface area contributed by atoms with Gasteiger partial charge < -0.3 is 14.5 Å². The fraction of sp³-hybridized carbons (Fsp3) is 0.462. The van der Waals surface area contributed by atoms with Crippen LogP contribution in [0, 0.1) is 11.3 Å². The van der Waals surface area contributed by atoms with Crippen molar-refractivity contribution in [2.75, 3.05) is 31.6 Å². The van der Waals surface area contributed by atoms with E-state index in [0.29, 0.717) is 24.5 Å². The van der Waals surface area contributed by atoms with E-state index in [4.69, 9.17) is 10.00 Å². The monoisotopic (exact) mass is 447 g/mol. The predicted molar refractivity (Wildman–Crippen MR) is 129 cm³/mol. The Morgan fingerprint density at radius 3 is 2.61 bits per heavy atom. The molecular formula is C26H33N5O2. The zero-order valence-corrected chi connectivity index (χ0v) is 20.0. The van der Waals surface area contributed by atoms with Crippen molar-refractivity contribution in [2.24, 2.45) is 0 Å². The molecule has 33 heavy (non-hydrogen) atoms. The van der Waals surface area contributed by atoms with Gasteiger partial charge in [0.15, 0.2) is 0 Å². The van der Waals surface area contributed by atoms with Crippen molar-refractivity contribution >= 4 is 11.7 Å². The molecule has 174 valence electrons. The van der Waals surface area contributed by atoms with Crippen molar-refractivity contribution in [3.63, 3.8) is 0 Å². The molecule has 0 N–H and O–H groups in total. The minimum Gasteiger partial charge on any atom is -0.481 e. The predicted octanol–water partition coefficient (Wildman–Crippen LogP) is 4.10. The summed E-state index contributed by atoms with van der Waals surface area (Å²) < 4.78 is 5.29. The molecule has 0 aromatic carbocycles. The minimum absolute atomic E-state index is 0.0143. The summed E-state index contributed by atoms with van der Waals surface area (Å²) in [6, 6.07) is 9.79. The number of nitrogens with zero attached hydrogens (tertiary/aromatic N) is 5. The lowest BCUT2D eigenvalue weighted by molar-refractivity contribution is -0.126. The van der Waals surface area contributed by atoms with E-state index in [-0.39, 0.29) is 17.4 Å². The SMILES string of the molecule is CCN(CC(C)N(CC)c1ccc(C#N)cn1)C(=O)/C=C/C1(c2ccnc(OC)c2)CCC1. The Kier molecular flexibility index (Phi) is 8.05. The first-order valence-electron chi connectivity index (χ1n) is 11.6. The highest BCUT2D eigenvalue weighted by Gasteiger charge is 2.37. The zero-order chi connectivity index (χ0) is 23.8. The van der Waals surface area contributed by atoms with Crippen molar-refractivity contribution in [3.05, 3.63) is 59.9 Å². The van der Waals surface area contributed by atoms with Gasteiger partial charge in [0.05, 0.1) is 12.7 Å². The Bertz CT molecular complexity index is 1010. The van der Waals surface area contributed by atoms with Crippen LogP contribution in [0.5, 0.6) is 5.88 Å². The largest absolute Gasteiger partial charge is 0.481 e. The van der Waals surface area contributed by atoms with Crippen LogP contribution >= 0.6 is 0 Å². The molecule has 7 heteroatoms. The zero-order valence-electron chi connectivity index (χ0n) is 20.0. The summed E-state index contributed by atoms with van der Waals surface area (Å²) in [7, 11) is 1.62. The lowest BCUT2D eigenvalue weighted by atomic mass is 9.64. The second-order valence-corrected chi connectivity index (χ2v) is 8.46. The third-order valence-electron chi connectivity index (χ3n) is 6.53. The second kappa shape index (κ2) is 11.0. The highest BCUT2D eigenvalue weighted by Crippen LogP contribution is 2.45. The minimum atomic E-state index is -0.126. The molecule has 0 saturated heterocycles. The molecule has 1 aliphatic carbocycles. The van der Waals surface area contributed by atoms with Crippen molar-refractivity contribution in [3.8, 4) is 11.9 Å². The molecule has 1 atom stereocenters. The Morgan fingerprint density at radius 2 is 2.06 bits per heavy atom. The number of hydrogen-bond acceptors (Lipinski definition) is 6. The van der Waals surface area contributed by atoms with Crippen LogP contribution in [0.15, 0.2) is 48.8 Å². The first-order chi connectivity index (χ1) is 16.0. The maximum absolute atomic E-state index is 13.1. The number of pyridine rings is 2. The van der Waals surface area contributed by atoms with E-state index in [9.17, 15) is 4.79 Å². The Labute approximate surface area is 196 Å². The van der Waals surface area contributed by atoms with E-state index in [1.54, 1.807) is 31.6 Å². The number of nitriles is 1. The molecule has 3 rings (SSSR count). The van der Waals surface area contributed by atoms with Crippen LogP contribution in [-0.2, 0) is 10.2 Å². The normalized spacial score (nSPS) is 15.4. The van der Waals surface area contributed by atoms with E-state index in [0.717, 1.165) is 37.2 Å². The molecule has 1 aliphatic rings. The lowest BCUT2D eigenvalue weighted by Crippen LogP contribution is -2.44. The van der Waals surface area contributed by atoms with Crippen LogP contribution in [0.25, 0.3) is 0 Å². The van der Waals surface area contributed by atoms with Crippen LogP contribution in [0.4, 0.5) is 5.82 Å². The third-order valence-corrected chi connectivity index (χ3v) is 6.53. The van der Waals surface area contributed by atoms with Crippen LogP contribution in [-0.4, -0.2) is 53.6 Å². The van der Waals surface area contributed by atoms with Gasteiger partial charge in [0.1, 0.15) is 11.9 Å². The van der Waals surface area contributed by atoms with Crippen LogP contribution in [0.3, 0.4) is 0 Å². The molecule has 2 heterocycles. The average molecular weight is 448 g/mol. The molecular weight excluding hydrogens is 414 g/mol. The number of likely N-dealkylation sites (N-methyl/N-ethyl adjacent to an activating group) is 2. The number of allylic oxidation sites excluding steroid dienone is 1. The summed E-state index contributed by atoms with van der Waals surface area (Å²) in [5.41, 5.74) is 1.55. The summed E-state index contributed by atoms with van der Waals surface area (Å²) in [6.07, 6.45) is 10.3. The molecule has 0 radical (unpaired) electrons. The number of aromatic nitrogens is 2. The van der Waals surface area contributed by atoms with Crippen LogP contribution < -0.4 is 9.64 Å². The van der Waals surface area contributed by atoms with Crippen molar-refractivity contribution < 1.29 is 9.53 Å². The van der Waals surface area contributed by atoms with Gasteiger partial charge in [-0.05, 0) is 63.5 Å². The fourth-order valence-corrected chi connectivity index (χ4v) is 4.39. The Balaban J connectivity index is 1.70. The van der Waals surface area contributed by atoms with E-state index >= 15 is 0 Å². The topological polar surface area (TPSA) is 82.4 Å². The fourth-order valence-electron chi connectivity index (χ4n) is 4.39. The van der Waals surface area contributed by atoms with Crippen LogP contribution in [0.2, 0.25) is 0 Å². The van der Waals surface area contributed by atoms with Gasteiger partial charge in [-0.1, -0.05) is 12.5 Å². The summed E-state index contributed by atoms with van der Waals surface area (Å²) >= 11 is 0. The summed E-state index contributed by atoms with van der Waals surface area (Å²) in [4.78, 5) is 25.8. The third kappa shape index (κ3) is 5.51. The second-order valence-electron chi connectivity index (χ2n) is 8.46. The van der Waals surface area contributed by atoms with Gasteiger partial charge in [0.2, 0.25) is 11.8 Å². The molecule has 2 aromatic rings. The Morgan fingerprint density at radius 1 is 1.27 bits per heavy atom. The number of hydrogen-bond donors (Lipinski definition) is 0. The van der Waals surface area contributed by atoms with Gasteiger partial charge in [-0.25, -0.2) is 9.97 Å². The number of methoxy groups -OCH3 is 1. The summed E-state index contributed by atoms with van der Waals surface area (Å²) in [5.74, 6) is 1.42. The highest BCUT2D eigenvalue weighted by atomic mass is 16.5. The van der Waals surface area contributed by atoms with Gasteiger partial charge in [-0.2, -0.15) is 5.26 Å². The van der Waals surface area contributed by atoms with E-state index < -0.39 is 0 Å². The van der Waals surface area contributed by atoms with Gasteiger partial charge in [-0.3, -0.25) is 4.79 Å². The van der Waals surface area contributed by atoms with Gasteiger partial charge in [-0.15, -0.1) is 0 Å². The smallest absolute Gasteiger partial charge is 0.246 e. The number of carbonyl (C=O) groups excluding carboxylic acids is 1. The van der Waals surface area contributed by atoms with Crippen molar-refractivity contribution in [1.29, 1.82) is 5.26 Å². The maximum atomic E-state index is 13.1. The van der Waals surface area contributed by atoms with E-state index in [1.165, 1.54) is 0 Å². The van der Waals surface area contributed by atoms with Gasteiger partial charge in [0, 0.05) is 49.6 Å². The summed E-state index contributed by atoms with van der Waals surface area (Å²) in [6.45, 7) is 8.14. The molecule has 7 nitrogen and oxygen atoms in total. The molecule has 1 saturated carbocycles. The van der Waals surface area contributed by atoms with E-state index in [1.807, 2.05) is 30.0 Å². The first kappa shape index (κ1) is 24.2. The maximum Gasteiger partial charge on any atom is 0.246 e. The number of amides is 1. The van der Waals surface area contributed by atoms with Gasteiger partial charge >= 0.3 is 0 Å². The number of ether oxygens (including phenoxy) is 1. The standard InChI is InChI=1S/C26H33N5O2/c1-5-30(19-20(3)31(6-2)23-9-8-21(17-27)18-29-23)25(32)10-14-26(12-7-13-26)22-11-15-28-24(16-22)33-4/h8-11,14-16,18,20H,5-7,12-13,19H2,1-4H3/b14-10+. The van der Waals surface area contributed by atoms with Crippen molar-refractivity contribution in [2.45, 2.75) is 51.5 Å². The molecule has 0 aliphatic heterocycles. The molecule has 1 amide bonds. The quantitative estimate of drug-likeness (QED) is 0.510. The first-order valence-corrected chi connectivity index (χ1v) is 11.6.